The second-order valence-corrected chi connectivity index (χ2v) is 9.38. The summed E-state index contributed by atoms with van der Waals surface area (Å²) in [7, 11) is 1.58. The average Bonchev–Trinajstić information content (AvgIpc) is 3.28. The van der Waals surface area contributed by atoms with E-state index in [0.29, 0.717) is 17.4 Å². The van der Waals surface area contributed by atoms with Gasteiger partial charge in [0, 0.05) is 13.6 Å². The summed E-state index contributed by atoms with van der Waals surface area (Å²) in [6.07, 6.45) is 1.64. The highest BCUT2D eigenvalue weighted by Gasteiger charge is 2.36. The number of hydrogen-bond donors (Lipinski definition) is 2. The number of carboxylic acid groups (broad SMARTS) is 1. The van der Waals surface area contributed by atoms with Gasteiger partial charge >= 0.3 is 12.1 Å². The number of carboxylic acids is 1. The van der Waals surface area contributed by atoms with Gasteiger partial charge in [0.25, 0.3) is 0 Å². The van der Waals surface area contributed by atoms with E-state index in [1.807, 2.05) is 54.6 Å². The fourth-order valence-electron chi connectivity index (χ4n) is 5.08. The molecule has 9 nitrogen and oxygen atoms in total. The summed E-state index contributed by atoms with van der Waals surface area (Å²) in [5.74, 6) is -0.0236. The van der Waals surface area contributed by atoms with E-state index in [1.165, 1.54) is 10.7 Å². The van der Waals surface area contributed by atoms with Crippen molar-refractivity contribution in [3.05, 3.63) is 83.2 Å². The topological polar surface area (TPSA) is 106 Å². The lowest BCUT2D eigenvalue weighted by Gasteiger charge is -2.43. The normalized spacial score (nSPS) is 21.5. The van der Waals surface area contributed by atoms with Crippen LogP contribution in [0.1, 0.15) is 46.2 Å². The lowest BCUT2D eigenvalue weighted by atomic mass is 9.86. The summed E-state index contributed by atoms with van der Waals surface area (Å²) in [5.41, 5.74) is 2.38. The maximum Gasteiger partial charge on any atom is 0.408 e. The number of benzene rings is 2. The lowest BCUT2D eigenvalue weighted by molar-refractivity contribution is -0.0336. The molecule has 0 radical (unpaired) electrons. The molecule has 2 atom stereocenters. The van der Waals surface area contributed by atoms with Gasteiger partial charge in [-0.2, -0.15) is 5.10 Å². The first-order valence-corrected chi connectivity index (χ1v) is 12.2. The molecule has 0 saturated carbocycles. The number of alkyl carbamates (subject to hydrolysis) is 1. The Labute approximate surface area is 209 Å². The molecule has 2 aromatic carbocycles. The number of rotatable bonds is 8. The molecular formula is C27H30N4O5. The van der Waals surface area contributed by atoms with E-state index in [0.717, 1.165) is 43.6 Å². The van der Waals surface area contributed by atoms with Crippen LogP contribution in [-0.4, -0.2) is 57.6 Å². The summed E-state index contributed by atoms with van der Waals surface area (Å²) >= 11 is 0. The lowest BCUT2D eigenvalue weighted by Crippen LogP contribution is -2.52. The van der Waals surface area contributed by atoms with E-state index >= 15 is 0 Å². The van der Waals surface area contributed by atoms with Crippen molar-refractivity contribution in [3.63, 3.8) is 0 Å². The minimum atomic E-state index is -1.04. The SMILES string of the molecule is Cn1nc(COc2cccc([C@@H](NC(=O)O[C@H]3CN4CCC3CC4)c3ccccc3)c2)cc1C(=O)O. The predicted molar refractivity (Wildman–Crippen MR) is 132 cm³/mol. The number of carbonyl (C=O) groups is 2. The van der Waals surface area contributed by atoms with Crippen LogP contribution in [0.5, 0.6) is 5.75 Å². The number of piperidine rings is 3. The molecule has 2 bridgehead atoms. The van der Waals surface area contributed by atoms with Gasteiger partial charge in [0.1, 0.15) is 29.8 Å². The molecule has 1 aromatic heterocycles. The van der Waals surface area contributed by atoms with Gasteiger partial charge < -0.3 is 19.9 Å². The van der Waals surface area contributed by atoms with Crippen LogP contribution in [0.3, 0.4) is 0 Å². The first kappa shape index (κ1) is 23.9. The molecule has 1 amide bonds. The quantitative estimate of drug-likeness (QED) is 0.497. The second-order valence-electron chi connectivity index (χ2n) is 9.38. The highest BCUT2D eigenvalue weighted by atomic mass is 16.6. The number of hydrogen-bond acceptors (Lipinski definition) is 6. The van der Waals surface area contributed by atoms with Gasteiger partial charge in [-0.3, -0.25) is 9.58 Å². The van der Waals surface area contributed by atoms with Crippen molar-refractivity contribution < 1.29 is 24.2 Å². The minimum absolute atomic E-state index is 0.0762. The first-order chi connectivity index (χ1) is 17.5. The minimum Gasteiger partial charge on any atom is -0.487 e. The van der Waals surface area contributed by atoms with E-state index in [-0.39, 0.29) is 18.4 Å². The van der Waals surface area contributed by atoms with Crippen molar-refractivity contribution in [2.24, 2.45) is 13.0 Å². The largest absolute Gasteiger partial charge is 0.487 e. The molecule has 3 aliphatic rings. The molecule has 3 aliphatic heterocycles. The zero-order valence-electron chi connectivity index (χ0n) is 20.2. The second kappa shape index (κ2) is 10.4. The molecule has 2 N–H and O–H groups in total. The van der Waals surface area contributed by atoms with Crippen molar-refractivity contribution in [1.29, 1.82) is 0 Å². The van der Waals surface area contributed by atoms with Gasteiger partial charge in [-0.1, -0.05) is 42.5 Å². The van der Waals surface area contributed by atoms with Crippen LogP contribution >= 0.6 is 0 Å². The fourth-order valence-corrected chi connectivity index (χ4v) is 5.08. The molecule has 0 spiro atoms. The number of aromatic carboxylic acids is 1. The van der Waals surface area contributed by atoms with Crippen LogP contribution in [0.4, 0.5) is 4.79 Å². The Bertz CT molecular complexity index is 1220. The van der Waals surface area contributed by atoms with E-state index < -0.39 is 18.1 Å². The highest BCUT2D eigenvalue weighted by Crippen LogP contribution is 2.30. The number of amides is 1. The van der Waals surface area contributed by atoms with Crippen LogP contribution in [0, 0.1) is 5.92 Å². The van der Waals surface area contributed by atoms with Crippen molar-refractivity contribution in [2.45, 2.75) is 31.6 Å². The maximum absolute atomic E-state index is 13.0. The number of ether oxygens (including phenoxy) is 2. The molecule has 6 rings (SSSR count). The number of carbonyl (C=O) groups excluding carboxylic acids is 1. The summed E-state index contributed by atoms with van der Waals surface area (Å²) in [5, 5.41) is 16.5. The van der Waals surface area contributed by atoms with Crippen LogP contribution in [0.15, 0.2) is 60.7 Å². The van der Waals surface area contributed by atoms with Gasteiger partial charge in [0.2, 0.25) is 0 Å². The average molecular weight is 491 g/mol. The number of aryl methyl sites for hydroxylation is 1. The van der Waals surface area contributed by atoms with E-state index in [2.05, 4.69) is 15.3 Å². The van der Waals surface area contributed by atoms with Crippen LogP contribution < -0.4 is 10.1 Å². The molecule has 3 saturated heterocycles. The summed E-state index contributed by atoms with van der Waals surface area (Å²) < 4.78 is 13.1. The Kier molecular flexibility index (Phi) is 6.90. The Balaban J connectivity index is 1.30. The zero-order chi connectivity index (χ0) is 25.1. The van der Waals surface area contributed by atoms with Gasteiger partial charge in [-0.25, -0.2) is 9.59 Å². The summed E-state index contributed by atoms with van der Waals surface area (Å²) in [6, 6.07) is 18.3. The van der Waals surface area contributed by atoms with Gasteiger partial charge in [0.15, 0.2) is 0 Å². The van der Waals surface area contributed by atoms with E-state index in [1.54, 1.807) is 7.05 Å². The van der Waals surface area contributed by atoms with Crippen molar-refractivity contribution in [1.82, 2.24) is 20.0 Å². The monoisotopic (exact) mass is 490 g/mol. The molecule has 0 unspecified atom stereocenters. The zero-order valence-corrected chi connectivity index (χ0v) is 20.2. The molecule has 3 fully saturated rings. The summed E-state index contributed by atoms with van der Waals surface area (Å²) in [4.78, 5) is 26.6. The smallest absolute Gasteiger partial charge is 0.408 e. The molecule has 3 aromatic rings. The highest BCUT2D eigenvalue weighted by molar-refractivity contribution is 5.85. The van der Waals surface area contributed by atoms with E-state index in [9.17, 15) is 14.7 Å². The number of aromatic nitrogens is 2. The van der Waals surface area contributed by atoms with Crippen molar-refractivity contribution >= 4 is 12.1 Å². The van der Waals surface area contributed by atoms with E-state index in [4.69, 9.17) is 9.47 Å². The Morgan fingerprint density at radius 3 is 2.50 bits per heavy atom. The third kappa shape index (κ3) is 5.36. The fraction of sp³-hybridized carbons (Fsp3) is 0.370. The standard InChI is InChI=1S/C27H30N4O5/c1-30-23(26(32)33)15-21(29-30)17-35-22-9-5-8-20(14-22)25(19-6-3-2-4-7-19)28-27(34)36-24-16-31-12-10-18(24)11-13-31/h2-9,14-15,18,24-25H,10-13,16-17H2,1H3,(H,28,34)(H,32,33)/t24-,25-/m0/s1. The summed E-state index contributed by atoms with van der Waals surface area (Å²) in [6.45, 7) is 3.09. The molecule has 0 aliphatic carbocycles. The molecular weight excluding hydrogens is 460 g/mol. The maximum atomic E-state index is 13.0. The van der Waals surface area contributed by atoms with Crippen LogP contribution in [0.25, 0.3) is 0 Å². The van der Waals surface area contributed by atoms with Gasteiger partial charge in [-0.15, -0.1) is 0 Å². The van der Waals surface area contributed by atoms with Gasteiger partial charge in [-0.05, 0) is 61.2 Å². The third-order valence-electron chi connectivity index (χ3n) is 6.98. The Morgan fingerprint density at radius 2 is 1.83 bits per heavy atom. The first-order valence-electron chi connectivity index (χ1n) is 12.2. The number of nitrogens with zero attached hydrogens (tertiary/aromatic N) is 3. The molecule has 4 heterocycles. The van der Waals surface area contributed by atoms with Gasteiger partial charge in [0.05, 0.1) is 6.04 Å². The van der Waals surface area contributed by atoms with Crippen LogP contribution in [0.2, 0.25) is 0 Å². The predicted octanol–water partition coefficient (Wildman–Crippen LogP) is 3.61. The van der Waals surface area contributed by atoms with Crippen molar-refractivity contribution in [3.8, 4) is 5.75 Å². The Hall–Kier alpha value is -3.85. The molecule has 9 heteroatoms. The van der Waals surface area contributed by atoms with Crippen LogP contribution in [-0.2, 0) is 18.4 Å². The Morgan fingerprint density at radius 1 is 1.08 bits per heavy atom. The third-order valence-corrected chi connectivity index (χ3v) is 6.98. The molecule has 188 valence electrons. The number of nitrogens with one attached hydrogen (secondary N) is 1. The van der Waals surface area contributed by atoms with Crippen molar-refractivity contribution in [2.75, 3.05) is 19.6 Å². The molecule has 36 heavy (non-hydrogen) atoms. The number of fused-ring (bicyclic) bond motifs is 3.